The van der Waals surface area contributed by atoms with Crippen LogP contribution in [0.4, 0.5) is 4.79 Å². The summed E-state index contributed by atoms with van der Waals surface area (Å²) < 4.78 is 7.77. The number of nitrogens with zero attached hydrogens (tertiary/aromatic N) is 2. The van der Waals surface area contributed by atoms with Crippen LogP contribution >= 0.6 is 0 Å². The molecule has 0 radical (unpaired) electrons. The molecule has 1 N–H and O–H groups in total. The van der Waals surface area contributed by atoms with Gasteiger partial charge < -0.3 is 19.5 Å². The number of aryl methyl sites for hydroxylation is 1. The SMILES string of the molecule is CCn1cccc1CNC1CCCCN(C(=O)OC(C)(C)C)C1. The highest BCUT2D eigenvalue weighted by atomic mass is 16.6. The third-order valence-corrected chi connectivity index (χ3v) is 4.16. The monoisotopic (exact) mass is 321 g/mol. The van der Waals surface area contributed by atoms with E-state index in [2.05, 4.69) is 35.1 Å². The van der Waals surface area contributed by atoms with E-state index in [1.807, 2.05) is 25.7 Å². The molecule has 0 aliphatic carbocycles. The molecule has 1 fully saturated rings. The molecule has 5 nitrogen and oxygen atoms in total. The number of carbonyl (C=O) groups is 1. The Morgan fingerprint density at radius 3 is 2.87 bits per heavy atom. The molecule has 0 saturated carbocycles. The van der Waals surface area contributed by atoms with Crippen molar-refractivity contribution in [2.24, 2.45) is 0 Å². The number of ether oxygens (including phenoxy) is 1. The Balaban J connectivity index is 1.90. The lowest BCUT2D eigenvalue weighted by molar-refractivity contribution is 0.0243. The molecular weight excluding hydrogens is 290 g/mol. The van der Waals surface area contributed by atoms with E-state index in [0.717, 1.165) is 45.4 Å². The zero-order valence-corrected chi connectivity index (χ0v) is 15.0. The molecule has 1 aliphatic rings. The smallest absolute Gasteiger partial charge is 0.410 e. The summed E-state index contributed by atoms with van der Waals surface area (Å²) >= 11 is 0. The van der Waals surface area contributed by atoms with Crippen LogP contribution in [0.2, 0.25) is 0 Å². The van der Waals surface area contributed by atoms with Gasteiger partial charge in [0.1, 0.15) is 5.60 Å². The minimum absolute atomic E-state index is 0.192. The fraction of sp³-hybridized carbons (Fsp3) is 0.722. The molecule has 2 rings (SSSR count). The van der Waals surface area contributed by atoms with Gasteiger partial charge in [0, 0.05) is 44.1 Å². The summed E-state index contributed by atoms with van der Waals surface area (Å²) in [6, 6.07) is 4.56. The average molecular weight is 321 g/mol. The van der Waals surface area contributed by atoms with Gasteiger partial charge in [-0.15, -0.1) is 0 Å². The van der Waals surface area contributed by atoms with E-state index in [0.29, 0.717) is 6.04 Å². The molecule has 23 heavy (non-hydrogen) atoms. The molecule has 1 aromatic rings. The van der Waals surface area contributed by atoms with E-state index in [1.165, 1.54) is 5.69 Å². The summed E-state index contributed by atoms with van der Waals surface area (Å²) in [6.07, 6.45) is 5.21. The molecule has 0 spiro atoms. The molecule has 1 aliphatic heterocycles. The van der Waals surface area contributed by atoms with E-state index < -0.39 is 5.60 Å². The van der Waals surface area contributed by atoms with Crippen molar-refractivity contribution in [1.82, 2.24) is 14.8 Å². The first-order valence-corrected chi connectivity index (χ1v) is 8.74. The Labute approximate surface area is 140 Å². The fourth-order valence-electron chi connectivity index (χ4n) is 2.97. The maximum Gasteiger partial charge on any atom is 0.410 e. The zero-order valence-electron chi connectivity index (χ0n) is 15.0. The first-order valence-electron chi connectivity index (χ1n) is 8.74. The van der Waals surface area contributed by atoms with Gasteiger partial charge in [-0.2, -0.15) is 0 Å². The summed E-state index contributed by atoms with van der Waals surface area (Å²) in [7, 11) is 0. The number of nitrogens with one attached hydrogen (secondary N) is 1. The van der Waals surface area contributed by atoms with Gasteiger partial charge in [0.25, 0.3) is 0 Å². The quantitative estimate of drug-likeness (QED) is 0.924. The second-order valence-corrected chi connectivity index (χ2v) is 7.29. The summed E-state index contributed by atoms with van der Waals surface area (Å²) in [5, 5.41) is 3.62. The van der Waals surface area contributed by atoms with Gasteiger partial charge in [0.2, 0.25) is 0 Å². The minimum Gasteiger partial charge on any atom is -0.444 e. The number of amides is 1. The second-order valence-electron chi connectivity index (χ2n) is 7.29. The molecule has 1 aromatic heterocycles. The Hall–Kier alpha value is -1.49. The van der Waals surface area contributed by atoms with Gasteiger partial charge >= 0.3 is 6.09 Å². The minimum atomic E-state index is -0.436. The van der Waals surface area contributed by atoms with E-state index in [-0.39, 0.29) is 6.09 Å². The van der Waals surface area contributed by atoms with Crippen molar-refractivity contribution >= 4 is 6.09 Å². The lowest BCUT2D eigenvalue weighted by atomic mass is 10.1. The predicted octanol–water partition coefficient (Wildman–Crippen LogP) is 3.39. The Kier molecular flexibility index (Phi) is 6.10. The fourth-order valence-corrected chi connectivity index (χ4v) is 2.97. The van der Waals surface area contributed by atoms with E-state index in [4.69, 9.17) is 4.74 Å². The molecule has 1 unspecified atom stereocenters. The summed E-state index contributed by atoms with van der Waals surface area (Å²) in [5.74, 6) is 0. The van der Waals surface area contributed by atoms with Crippen LogP contribution in [0.3, 0.4) is 0 Å². The summed E-state index contributed by atoms with van der Waals surface area (Å²) in [6.45, 7) is 11.2. The topological polar surface area (TPSA) is 46.5 Å². The van der Waals surface area contributed by atoms with Crippen molar-refractivity contribution in [2.45, 2.75) is 71.7 Å². The van der Waals surface area contributed by atoms with Gasteiger partial charge in [-0.05, 0) is 52.7 Å². The van der Waals surface area contributed by atoms with E-state index >= 15 is 0 Å². The van der Waals surface area contributed by atoms with Crippen LogP contribution in [0.25, 0.3) is 0 Å². The van der Waals surface area contributed by atoms with Crippen molar-refractivity contribution < 1.29 is 9.53 Å². The van der Waals surface area contributed by atoms with Crippen LogP contribution in [0, 0.1) is 0 Å². The predicted molar refractivity (Wildman–Crippen MR) is 92.4 cm³/mol. The number of aromatic nitrogens is 1. The van der Waals surface area contributed by atoms with Crippen LogP contribution < -0.4 is 5.32 Å². The first-order chi connectivity index (χ1) is 10.9. The first kappa shape index (κ1) is 17.9. The van der Waals surface area contributed by atoms with E-state index in [9.17, 15) is 4.79 Å². The average Bonchev–Trinajstić information content (AvgIpc) is 2.79. The molecule has 5 heteroatoms. The number of carbonyl (C=O) groups excluding carboxylic acids is 1. The van der Waals surface area contributed by atoms with Crippen LogP contribution in [0.15, 0.2) is 18.3 Å². The van der Waals surface area contributed by atoms with Crippen molar-refractivity contribution in [1.29, 1.82) is 0 Å². The lowest BCUT2D eigenvalue weighted by Gasteiger charge is -2.28. The second kappa shape index (κ2) is 7.86. The van der Waals surface area contributed by atoms with Crippen molar-refractivity contribution in [3.05, 3.63) is 24.0 Å². The van der Waals surface area contributed by atoms with Crippen LogP contribution in [-0.4, -0.2) is 40.3 Å². The highest BCUT2D eigenvalue weighted by Crippen LogP contribution is 2.16. The standard InChI is InChI=1S/C18H31N3O2/c1-5-20-12-8-10-16(20)13-19-15-9-6-7-11-21(14-15)17(22)23-18(2,3)4/h8,10,12,15,19H,5-7,9,11,13-14H2,1-4H3. The Morgan fingerprint density at radius 1 is 1.39 bits per heavy atom. The van der Waals surface area contributed by atoms with Crippen LogP contribution in [0.5, 0.6) is 0 Å². The lowest BCUT2D eigenvalue weighted by Crippen LogP contribution is -2.44. The van der Waals surface area contributed by atoms with Crippen molar-refractivity contribution in [2.75, 3.05) is 13.1 Å². The molecule has 1 amide bonds. The normalized spacial score (nSPS) is 19.5. The van der Waals surface area contributed by atoms with Gasteiger partial charge in [0.15, 0.2) is 0 Å². The number of hydrogen-bond acceptors (Lipinski definition) is 3. The summed E-state index contributed by atoms with van der Waals surface area (Å²) in [5.41, 5.74) is 0.856. The molecule has 130 valence electrons. The van der Waals surface area contributed by atoms with Crippen LogP contribution in [-0.2, 0) is 17.8 Å². The molecular formula is C18H31N3O2. The third kappa shape index (κ3) is 5.57. The van der Waals surface area contributed by atoms with Gasteiger partial charge in [0.05, 0.1) is 0 Å². The van der Waals surface area contributed by atoms with Crippen molar-refractivity contribution in [3.63, 3.8) is 0 Å². The number of rotatable bonds is 4. The van der Waals surface area contributed by atoms with Gasteiger partial charge in [-0.25, -0.2) is 4.79 Å². The maximum atomic E-state index is 12.3. The zero-order chi connectivity index (χ0) is 16.9. The molecule has 2 heterocycles. The highest BCUT2D eigenvalue weighted by molar-refractivity contribution is 5.68. The number of hydrogen-bond donors (Lipinski definition) is 1. The molecule has 0 aromatic carbocycles. The van der Waals surface area contributed by atoms with Crippen LogP contribution in [0.1, 0.15) is 52.7 Å². The summed E-state index contributed by atoms with van der Waals surface area (Å²) in [4.78, 5) is 14.2. The Bertz CT molecular complexity index is 505. The molecule has 1 atom stereocenters. The highest BCUT2D eigenvalue weighted by Gasteiger charge is 2.26. The van der Waals surface area contributed by atoms with E-state index in [1.54, 1.807) is 0 Å². The maximum absolute atomic E-state index is 12.3. The third-order valence-electron chi connectivity index (χ3n) is 4.16. The molecule has 1 saturated heterocycles. The van der Waals surface area contributed by atoms with Crippen molar-refractivity contribution in [3.8, 4) is 0 Å². The number of likely N-dealkylation sites (tertiary alicyclic amines) is 1. The Morgan fingerprint density at radius 2 is 2.17 bits per heavy atom. The van der Waals surface area contributed by atoms with Gasteiger partial charge in [-0.1, -0.05) is 6.42 Å². The van der Waals surface area contributed by atoms with Gasteiger partial charge in [-0.3, -0.25) is 0 Å². The molecule has 0 bridgehead atoms. The largest absolute Gasteiger partial charge is 0.444 e.